The Balaban J connectivity index is 2.36. The monoisotopic (exact) mass is 303 g/mol. The molecule has 0 atom stereocenters. The van der Waals surface area contributed by atoms with Gasteiger partial charge in [-0.3, -0.25) is 4.72 Å². The van der Waals surface area contributed by atoms with Gasteiger partial charge in [-0.05, 0) is 30.7 Å². The van der Waals surface area contributed by atoms with Gasteiger partial charge in [0.25, 0.3) is 10.0 Å². The number of halogens is 2. The average molecular weight is 303 g/mol. The van der Waals surface area contributed by atoms with Gasteiger partial charge < -0.3 is 0 Å². The number of anilines is 1. The third-order valence-electron chi connectivity index (χ3n) is 2.45. The molecule has 0 amide bonds. The molecule has 0 aliphatic rings. The number of hydrogen-bond acceptors (Lipinski definition) is 3. The lowest BCUT2D eigenvalue weighted by atomic mass is 10.3. The third kappa shape index (κ3) is 2.93. The van der Waals surface area contributed by atoms with Crippen LogP contribution < -0.4 is 4.72 Å². The lowest BCUT2D eigenvalue weighted by Crippen LogP contribution is -2.13. The zero-order valence-electron chi connectivity index (χ0n) is 9.98. The van der Waals surface area contributed by atoms with Crippen molar-refractivity contribution in [2.45, 2.75) is 17.6 Å². The highest BCUT2D eigenvalue weighted by molar-refractivity contribution is 7.94. The molecule has 19 heavy (non-hydrogen) atoms. The Bertz CT molecular complexity index is 675. The molecule has 1 aromatic carbocycles. The predicted octanol–water partition coefficient (Wildman–Crippen LogP) is 3.39. The van der Waals surface area contributed by atoms with Crippen LogP contribution in [0.3, 0.4) is 0 Å². The Morgan fingerprint density at radius 1 is 1.16 bits per heavy atom. The predicted molar refractivity (Wildman–Crippen MR) is 70.9 cm³/mol. The Kier molecular flexibility index (Phi) is 3.86. The zero-order chi connectivity index (χ0) is 14.0. The number of nitrogens with one attached hydrogen (secondary N) is 1. The molecule has 102 valence electrons. The fraction of sp³-hybridized carbons (Fsp3) is 0.167. The number of rotatable bonds is 4. The summed E-state index contributed by atoms with van der Waals surface area (Å²) >= 11 is 1.08. The van der Waals surface area contributed by atoms with E-state index in [1.165, 1.54) is 12.1 Å². The zero-order valence-corrected chi connectivity index (χ0v) is 11.6. The molecule has 0 fully saturated rings. The van der Waals surface area contributed by atoms with Gasteiger partial charge in [0.1, 0.15) is 21.5 Å². The summed E-state index contributed by atoms with van der Waals surface area (Å²) in [5.74, 6) is -1.90. The third-order valence-corrected chi connectivity index (χ3v) is 5.52. The lowest BCUT2D eigenvalue weighted by Gasteiger charge is -2.08. The van der Waals surface area contributed by atoms with Crippen LogP contribution in [0.25, 0.3) is 0 Å². The van der Waals surface area contributed by atoms with Gasteiger partial charge in [0.15, 0.2) is 0 Å². The Morgan fingerprint density at radius 2 is 1.79 bits per heavy atom. The molecule has 7 heteroatoms. The van der Waals surface area contributed by atoms with E-state index >= 15 is 0 Å². The standard InChI is InChI=1S/C12H11F2NO2S2/c1-2-8-6-7-11(18-8)19(16,17)15-12-9(13)4-3-5-10(12)14/h3-7,15H,2H2,1H3. The van der Waals surface area contributed by atoms with Crippen LogP contribution in [0.5, 0.6) is 0 Å². The molecule has 2 aromatic rings. The highest BCUT2D eigenvalue weighted by atomic mass is 32.2. The van der Waals surface area contributed by atoms with Crippen molar-refractivity contribution in [2.24, 2.45) is 0 Å². The van der Waals surface area contributed by atoms with Crippen molar-refractivity contribution < 1.29 is 17.2 Å². The number of hydrogen-bond donors (Lipinski definition) is 1. The maximum absolute atomic E-state index is 13.4. The van der Waals surface area contributed by atoms with E-state index in [1.807, 2.05) is 11.6 Å². The van der Waals surface area contributed by atoms with Crippen molar-refractivity contribution in [1.82, 2.24) is 0 Å². The maximum atomic E-state index is 13.4. The minimum absolute atomic E-state index is 0.0343. The van der Waals surface area contributed by atoms with E-state index in [-0.39, 0.29) is 4.21 Å². The summed E-state index contributed by atoms with van der Waals surface area (Å²) in [4.78, 5) is 0.884. The molecule has 0 saturated carbocycles. The SMILES string of the molecule is CCc1ccc(S(=O)(=O)Nc2c(F)cccc2F)s1. The van der Waals surface area contributed by atoms with E-state index < -0.39 is 27.3 Å². The minimum atomic E-state index is -3.96. The topological polar surface area (TPSA) is 46.2 Å². The lowest BCUT2D eigenvalue weighted by molar-refractivity contribution is 0.583. The van der Waals surface area contributed by atoms with Gasteiger partial charge >= 0.3 is 0 Å². The second-order valence-corrected chi connectivity index (χ2v) is 6.85. The summed E-state index contributed by atoms with van der Waals surface area (Å²) < 4.78 is 52.8. The van der Waals surface area contributed by atoms with Crippen LogP contribution >= 0.6 is 11.3 Å². The van der Waals surface area contributed by atoms with Crippen LogP contribution in [0.2, 0.25) is 0 Å². The molecule has 0 aliphatic carbocycles. The van der Waals surface area contributed by atoms with Gasteiger partial charge in [0, 0.05) is 4.88 Å². The first kappa shape index (κ1) is 14.0. The van der Waals surface area contributed by atoms with Crippen molar-refractivity contribution >= 4 is 27.0 Å². The Morgan fingerprint density at radius 3 is 2.32 bits per heavy atom. The van der Waals surface area contributed by atoms with Crippen LogP contribution in [-0.4, -0.2) is 8.42 Å². The average Bonchev–Trinajstić information content (AvgIpc) is 2.83. The number of aryl methyl sites for hydroxylation is 1. The fourth-order valence-corrected chi connectivity index (χ4v) is 3.84. The van der Waals surface area contributed by atoms with Crippen molar-refractivity contribution in [3.8, 4) is 0 Å². The summed E-state index contributed by atoms with van der Waals surface area (Å²) in [5.41, 5.74) is -0.658. The maximum Gasteiger partial charge on any atom is 0.271 e. The first-order chi connectivity index (χ1) is 8.94. The van der Waals surface area contributed by atoms with Crippen molar-refractivity contribution in [2.75, 3.05) is 4.72 Å². The fourth-order valence-electron chi connectivity index (χ4n) is 1.47. The van der Waals surface area contributed by atoms with Gasteiger partial charge in [-0.25, -0.2) is 17.2 Å². The molecule has 0 bridgehead atoms. The number of thiophene rings is 1. The quantitative estimate of drug-likeness (QED) is 0.941. The first-order valence-electron chi connectivity index (χ1n) is 5.49. The van der Waals surface area contributed by atoms with Gasteiger partial charge in [-0.1, -0.05) is 13.0 Å². The minimum Gasteiger partial charge on any atom is -0.273 e. The number of sulfonamides is 1. The molecule has 0 saturated heterocycles. The van der Waals surface area contributed by atoms with Crippen LogP contribution in [0.4, 0.5) is 14.5 Å². The molecule has 3 nitrogen and oxygen atoms in total. The molecule has 0 radical (unpaired) electrons. The number of para-hydroxylation sites is 1. The van der Waals surface area contributed by atoms with E-state index in [0.717, 1.165) is 28.3 Å². The summed E-state index contributed by atoms with van der Waals surface area (Å²) in [5, 5.41) is 0. The van der Waals surface area contributed by atoms with Gasteiger partial charge in [-0.15, -0.1) is 11.3 Å². The highest BCUT2D eigenvalue weighted by Gasteiger charge is 2.20. The largest absolute Gasteiger partial charge is 0.273 e. The van der Waals surface area contributed by atoms with E-state index in [9.17, 15) is 17.2 Å². The molecule has 0 spiro atoms. The summed E-state index contributed by atoms with van der Waals surface area (Å²) in [6, 6.07) is 6.25. The van der Waals surface area contributed by atoms with E-state index in [1.54, 1.807) is 6.07 Å². The second kappa shape index (κ2) is 5.26. The van der Waals surface area contributed by atoms with Crippen molar-refractivity contribution in [1.29, 1.82) is 0 Å². The van der Waals surface area contributed by atoms with Crippen LogP contribution in [0.15, 0.2) is 34.5 Å². The summed E-state index contributed by atoms with van der Waals surface area (Å²) in [6.45, 7) is 1.90. The summed E-state index contributed by atoms with van der Waals surface area (Å²) in [6.07, 6.45) is 0.703. The van der Waals surface area contributed by atoms with Gasteiger partial charge in [-0.2, -0.15) is 0 Å². The molecule has 2 rings (SSSR count). The second-order valence-electron chi connectivity index (χ2n) is 3.78. The first-order valence-corrected chi connectivity index (χ1v) is 7.79. The Labute approximate surface area is 114 Å². The highest BCUT2D eigenvalue weighted by Crippen LogP contribution is 2.26. The Hall–Kier alpha value is -1.47. The van der Waals surface area contributed by atoms with E-state index in [2.05, 4.69) is 0 Å². The molecule has 1 aromatic heterocycles. The smallest absolute Gasteiger partial charge is 0.271 e. The van der Waals surface area contributed by atoms with Crippen molar-refractivity contribution in [3.05, 3.63) is 46.8 Å². The van der Waals surface area contributed by atoms with E-state index in [4.69, 9.17) is 0 Å². The molecule has 0 aliphatic heterocycles. The normalized spacial score (nSPS) is 11.5. The molecule has 0 unspecified atom stereocenters. The number of benzene rings is 1. The van der Waals surface area contributed by atoms with Gasteiger partial charge in [0.2, 0.25) is 0 Å². The van der Waals surface area contributed by atoms with Crippen molar-refractivity contribution in [3.63, 3.8) is 0 Å². The molecular formula is C12H11F2NO2S2. The van der Waals surface area contributed by atoms with Crippen LogP contribution in [-0.2, 0) is 16.4 Å². The summed E-state index contributed by atoms with van der Waals surface area (Å²) in [7, 11) is -3.96. The van der Waals surface area contributed by atoms with Crippen LogP contribution in [0, 0.1) is 11.6 Å². The van der Waals surface area contributed by atoms with Crippen LogP contribution in [0.1, 0.15) is 11.8 Å². The molecule has 1 heterocycles. The molecule has 1 N–H and O–H groups in total. The van der Waals surface area contributed by atoms with E-state index in [0.29, 0.717) is 6.42 Å². The van der Waals surface area contributed by atoms with Gasteiger partial charge in [0.05, 0.1) is 0 Å². The molecular weight excluding hydrogens is 292 g/mol.